The fraction of sp³-hybridized carbons (Fsp3) is 0.500. The Bertz CT molecular complexity index is 398. The van der Waals surface area contributed by atoms with Crippen molar-refractivity contribution < 1.29 is 4.74 Å². The highest BCUT2D eigenvalue weighted by Crippen LogP contribution is 2.23. The average molecular weight is 217 g/mol. The molecule has 16 heavy (non-hydrogen) atoms. The van der Waals surface area contributed by atoms with Crippen LogP contribution in [0.4, 0.5) is 0 Å². The molecule has 0 fully saturated rings. The van der Waals surface area contributed by atoms with E-state index in [1.807, 2.05) is 0 Å². The number of nitrogens with zero attached hydrogens (tertiary/aromatic N) is 1. The summed E-state index contributed by atoms with van der Waals surface area (Å²) < 4.78 is 5.53. The highest BCUT2D eigenvalue weighted by atomic mass is 16.5. The van der Waals surface area contributed by atoms with E-state index in [1.165, 1.54) is 5.56 Å². The van der Waals surface area contributed by atoms with Gasteiger partial charge in [0.1, 0.15) is 6.61 Å². The minimum atomic E-state index is 0.199. The normalized spacial score (nSPS) is 20.5. The lowest BCUT2D eigenvalue weighted by Crippen LogP contribution is -2.11. The molecular weight excluding hydrogens is 198 g/mol. The molecule has 0 radical (unpaired) electrons. The second-order valence-corrected chi connectivity index (χ2v) is 5.42. The molecule has 0 saturated carbocycles. The summed E-state index contributed by atoms with van der Waals surface area (Å²) in [5, 5.41) is 0. The van der Waals surface area contributed by atoms with Crippen molar-refractivity contribution in [2.45, 2.75) is 39.2 Å². The summed E-state index contributed by atoms with van der Waals surface area (Å²) in [6, 6.07) is 8.79. The van der Waals surface area contributed by atoms with Crippen molar-refractivity contribution in [3.63, 3.8) is 0 Å². The van der Waals surface area contributed by atoms with Crippen LogP contribution in [0.2, 0.25) is 0 Å². The first-order valence-corrected chi connectivity index (χ1v) is 5.78. The van der Waals surface area contributed by atoms with Crippen molar-refractivity contribution >= 4 is 5.90 Å². The molecule has 2 rings (SSSR count). The van der Waals surface area contributed by atoms with E-state index in [9.17, 15) is 0 Å². The molecule has 0 saturated heterocycles. The summed E-state index contributed by atoms with van der Waals surface area (Å²) >= 11 is 0. The first-order valence-electron chi connectivity index (χ1n) is 5.78. The molecule has 2 nitrogen and oxygen atoms in total. The van der Waals surface area contributed by atoms with Gasteiger partial charge in [-0.2, -0.15) is 0 Å². The van der Waals surface area contributed by atoms with E-state index in [4.69, 9.17) is 4.74 Å². The van der Waals surface area contributed by atoms with Gasteiger partial charge < -0.3 is 4.74 Å². The number of rotatable bonds is 1. The zero-order valence-electron chi connectivity index (χ0n) is 10.4. The van der Waals surface area contributed by atoms with E-state index in [2.05, 4.69) is 57.0 Å². The van der Waals surface area contributed by atoms with Crippen LogP contribution in [0.3, 0.4) is 0 Å². The van der Waals surface area contributed by atoms with E-state index in [-0.39, 0.29) is 11.5 Å². The molecule has 0 aliphatic carbocycles. The van der Waals surface area contributed by atoms with Crippen LogP contribution in [-0.4, -0.2) is 18.5 Å². The summed E-state index contributed by atoms with van der Waals surface area (Å²) in [5.74, 6) is 0.785. The van der Waals surface area contributed by atoms with Crippen molar-refractivity contribution in [3.05, 3.63) is 35.4 Å². The van der Waals surface area contributed by atoms with Gasteiger partial charge in [-0.3, -0.25) is 0 Å². The fourth-order valence-electron chi connectivity index (χ4n) is 1.74. The van der Waals surface area contributed by atoms with Crippen LogP contribution < -0.4 is 0 Å². The number of hydrogen-bond acceptors (Lipinski definition) is 2. The first-order chi connectivity index (χ1) is 7.47. The Morgan fingerprint density at radius 2 is 1.81 bits per heavy atom. The van der Waals surface area contributed by atoms with Gasteiger partial charge in [0.25, 0.3) is 0 Å². The van der Waals surface area contributed by atoms with Crippen LogP contribution in [0.5, 0.6) is 0 Å². The van der Waals surface area contributed by atoms with Gasteiger partial charge in [-0.25, -0.2) is 4.99 Å². The van der Waals surface area contributed by atoms with Crippen molar-refractivity contribution in [1.82, 2.24) is 0 Å². The monoisotopic (exact) mass is 217 g/mol. The molecule has 1 heterocycles. The maximum absolute atomic E-state index is 5.53. The minimum absolute atomic E-state index is 0.199. The number of aliphatic imine (C=N–C) groups is 1. The molecule has 86 valence electrons. The third-order valence-electron chi connectivity index (χ3n) is 2.80. The minimum Gasteiger partial charge on any atom is -0.475 e. The van der Waals surface area contributed by atoms with Gasteiger partial charge in [0.15, 0.2) is 0 Å². The molecule has 1 aromatic rings. The number of ether oxygens (including phenoxy) is 1. The van der Waals surface area contributed by atoms with Crippen molar-refractivity contribution in [3.8, 4) is 0 Å². The smallest absolute Gasteiger partial charge is 0.216 e. The molecule has 1 unspecified atom stereocenters. The van der Waals surface area contributed by atoms with E-state index in [0.717, 1.165) is 11.5 Å². The Labute approximate surface area is 97.4 Å². The number of hydrogen-bond donors (Lipinski definition) is 0. The molecule has 0 aromatic heterocycles. The zero-order chi connectivity index (χ0) is 11.8. The van der Waals surface area contributed by atoms with E-state index >= 15 is 0 Å². The van der Waals surface area contributed by atoms with Gasteiger partial charge >= 0.3 is 0 Å². The van der Waals surface area contributed by atoms with Gasteiger partial charge in [-0.05, 0) is 30.0 Å². The van der Waals surface area contributed by atoms with Crippen LogP contribution in [0.1, 0.15) is 38.8 Å². The molecule has 0 spiro atoms. The zero-order valence-corrected chi connectivity index (χ0v) is 10.4. The van der Waals surface area contributed by atoms with Crippen molar-refractivity contribution in [2.24, 2.45) is 4.99 Å². The molecule has 1 atom stereocenters. The molecular formula is C14H19NO. The maximum atomic E-state index is 5.53. The molecule has 0 bridgehead atoms. The van der Waals surface area contributed by atoms with Crippen LogP contribution >= 0.6 is 0 Å². The Balaban J connectivity index is 2.23. The molecule has 1 aliphatic heterocycles. The highest BCUT2D eigenvalue weighted by molar-refractivity contribution is 5.95. The van der Waals surface area contributed by atoms with E-state index in [0.29, 0.717) is 6.61 Å². The van der Waals surface area contributed by atoms with Crippen LogP contribution in [-0.2, 0) is 10.2 Å². The van der Waals surface area contributed by atoms with Gasteiger partial charge in [-0.15, -0.1) is 0 Å². The quantitative estimate of drug-likeness (QED) is 0.708. The lowest BCUT2D eigenvalue weighted by molar-refractivity contribution is 0.324. The average Bonchev–Trinajstić information content (AvgIpc) is 2.64. The van der Waals surface area contributed by atoms with E-state index < -0.39 is 0 Å². The van der Waals surface area contributed by atoms with Gasteiger partial charge in [0, 0.05) is 5.56 Å². The Hall–Kier alpha value is -1.31. The van der Waals surface area contributed by atoms with E-state index in [1.54, 1.807) is 0 Å². The fourth-order valence-corrected chi connectivity index (χ4v) is 1.74. The maximum Gasteiger partial charge on any atom is 0.216 e. The lowest BCUT2D eigenvalue weighted by atomic mass is 9.87. The molecule has 1 aromatic carbocycles. The standard InChI is InChI=1S/C14H19NO/c1-10-9-16-13(15-10)11-5-7-12(8-6-11)14(2,3)4/h5-8,10H,9H2,1-4H3. The van der Waals surface area contributed by atoms with Crippen molar-refractivity contribution in [1.29, 1.82) is 0 Å². The SMILES string of the molecule is CC1COC(c2ccc(C(C)(C)C)cc2)=N1. The molecule has 0 N–H and O–H groups in total. The topological polar surface area (TPSA) is 21.6 Å². The van der Waals surface area contributed by atoms with Gasteiger partial charge in [0.05, 0.1) is 6.04 Å². The number of benzene rings is 1. The molecule has 2 heteroatoms. The largest absolute Gasteiger partial charge is 0.475 e. The van der Waals surface area contributed by atoms with Crippen molar-refractivity contribution in [2.75, 3.05) is 6.61 Å². The Kier molecular flexibility index (Phi) is 2.75. The summed E-state index contributed by atoms with van der Waals surface area (Å²) in [6.45, 7) is 9.42. The third-order valence-corrected chi connectivity index (χ3v) is 2.80. The lowest BCUT2D eigenvalue weighted by Gasteiger charge is -2.19. The van der Waals surface area contributed by atoms with Crippen LogP contribution in [0, 0.1) is 0 Å². The second-order valence-electron chi connectivity index (χ2n) is 5.42. The Morgan fingerprint density at radius 3 is 2.25 bits per heavy atom. The first kappa shape index (κ1) is 11.2. The summed E-state index contributed by atoms with van der Waals surface area (Å²) in [5.41, 5.74) is 2.62. The molecule has 1 aliphatic rings. The second kappa shape index (κ2) is 3.93. The third kappa shape index (κ3) is 2.26. The highest BCUT2D eigenvalue weighted by Gasteiger charge is 2.17. The summed E-state index contributed by atoms with van der Waals surface area (Å²) in [4.78, 5) is 4.44. The predicted molar refractivity (Wildman–Crippen MR) is 67.1 cm³/mol. The predicted octanol–water partition coefficient (Wildman–Crippen LogP) is 3.15. The Morgan fingerprint density at radius 1 is 1.19 bits per heavy atom. The van der Waals surface area contributed by atoms with Crippen LogP contribution in [0.15, 0.2) is 29.3 Å². The molecule has 0 amide bonds. The summed E-state index contributed by atoms with van der Waals surface area (Å²) in [6.07, 6.45) is 0. The van der Waals surface area contributed by atoms with Gasteiger partial charge in [-0.1, -0.05) is 32.9 Å². The van der Waals surface area contributed by atoms with Gasteiger partial charge in [0.2, 0.25) is 5.90 Å². The summed E-state index contributed by atoms with van der Waals surface area (Å²) in [7, 11) is 0. The van der Waals surface area contributed by atoms with Crippen LogP contribution in [0.25, 0.3) is 0 Å².